The average molecular weight is 421 g/mol. The summed E-state index contributed by atoms with van der Waals surface area (Å²) < 4.78 is 10.8. The molecule has 2 aromatic heterocycles. The number of rotatable bonds is 4. The Bertz CT molecular complexity index is 1020. The second-order valence-electron chi connectivity index (χ2n) is 7.64. The van der Waals surface area contributed by atoms with Crippen LogP contribution in [0.25, 0.3) is 22.2 Å². The van der Waals surface area contributed by atoms with Crippen molar-refractivity contribution in [2.45, 2.75) is 27.2 Å². The van der Waals surface area contributed by atoms with Gasteiger partial charge in [0.1, 0.15) is 11.5 Å². The summed E-state index contributed by atoms with van der Waals surface area (Å²) in [5.41, 5.74) is 8.42. The van der Waals surface area contributed by atoms with E-state index in [-0.39, 0.29) is 11.4 Å². The van der Waals surface area contributed by atoms with Crippen LogP contribution in [0.5, 0.6) is 11.5 Å². The lowest BCUT2D eigenvalue weighted by Crippen LogP contribution is -2.12. The first kappa shape index (κ1) is 20.4. The van der Waals surface area contributed by atoms with Crippen molar-refractivity contribution < 1.29 is 9.47 Å². The maximum atomic E-state index is 6.58. The van der Waals surface area contributed by atoms with Gasteiger partial charge in [-0.05, 0) is 17.9 Å². The molecule has 0 aliphatic rings. The van der Waals surface area contributed by atoms with Gasteiger partial charge in [-0.25, -0.2) is 9.97 Å². The van der Waals surface area contributed by atoms with Gasteiger partial charge in [0.05, 0.1) is 41.2 Å². The van der Waals surface area contributed by atoms with Crippen molar-refractivity contribution in [1.29, 1.82) is 0 Å². The predicted molar refractivity (Wildman–Crippen MR) is 113 cm³/mol. The van der Waals surface area contributed by atoms with Crippen LogP contribution >= 0.6 is 23.2 Å². The Morgan fingerprint density at radius 2 is 1.61 bits per heavy atom. The fourth-order valence-corrected chi connectivity index (χ4v) is 3.68. The molecule has 0 aliphatic carbocycles. The van der Waals surface area contributed by atoms with Gasteiger partial charge in [-0.3, -0.25) is 4.98 Å². The normalized spacial score (nSPS) is 11.7. The highest BCUT2D eigenvalue weighted by Crippen LogP contribution is 2.46. The van der Waals surface area contributed by atoms with E-state index in [0.29, 0.717) is 44.7 Å². The van der Waals surface area contributed by atoms with Crippen molar-refractivity contribution in [3.63, 3.8) is 0 Å². The molecule has 0 amide bonds. The van der Waals surface area contributed by atoms with Crippen LogP contribution < -0.4 is 15.2 Å². The first-order valence-electron chi connectivity index (χ1n) is 8.67. The van der Waals surface area contributed by atoms with Gasteiger partial charge in [0.2, 0.25) is 5.95 Å². The number of halogens is 2. The second-order valence-corrected chi connectivity index (χ2v) is 8.40. The van der Waals surface area contributed by atoms with E-state index in [4.69, 9.17) is 43.4 Å². The summed E-state index contributed by atoms with van der Waals surface area (Å²) in [5, 5.41) is 1.52. The van der Waals surface area contributed by atoms with Gasteiger partial charge in [0.15, 0.2) is 0 Å². The second kappa shape index (κ2) is 7.60. The number of nitrogens with zero attached hydrogens (tertiary/aromatic N) is 3. The van der Waals surface area contributed by atoms with Gasteiger partial charge in [-0.1, -0.05) is 44.0 Å². The SMILES string of the molecule is COc1cc(OC)c(Cl)c(-c2cc3cnc(N)nc3c(CC(C)(C)C)n2)c1Cl. The van der Waals surface area contributed by atoms with Crippen LogP contribution in [-0.4, -0.2) is 29.2 Å². The molecule has 0 unspecified atom stereocenters. The molecule has 6 nitrogen and oxygen atoms in total. The fraction of sp³-hybridized carbons (Fsp3) is 0.350. The smallest absolute Gasteiger partial charge is 0.220 e. The van der Waals surface area contributed by atoms with Crippen LogP contribution in [0, 0.1) is 5.41 Å². The Morgan fingerprint density at radius 1 is 1.00 bits per heavy atom. The van der Waals surface area contributed by atoms with Gasteiger partial charge >= 0.3 is 0 Å². The Labute approximate surface area is 174 Å². The van der Waals surface area contributed by atoms with E-state index in [0.717, 1.165) is 11.1 Å². The molecule has 0 radical (unpaired) electrons. The number of aromatic nitrogens is 3. The fourth-order valence-electron chi connectivity index (χ4n) is 2.98. The standard InChI is InChI=1S/C20H22Cl2N4O2/c1-20(2,3)8-12-18-10(9-24-19(23)26-18)6-11(25-12)15-16(21)13(27-4)7-14(28-5)17(15)22/h6-7,9H,8H2,1-5H3,(H2,23,24,26). The van der Waals surface area contributed by atoms with Crippen molar-refractivity contribution in [1.82, 2.24) is 15.0 Å². The van der Waals surface area contributed by atoms with Crippen LogP contribution in [0.3, 0.4) is 0 Å². The van der Waals surface area contributed by atoms with Crippen molar-refractivity contribution in [3.05, 3.63) is 34.1 Å². The number of ether oxygens (including phenoxy) is 2. The summed E-state index contributed by atoms with van der Waals surface area (Å²) in [6, 6.07) is 3.49. The van der Waals surface area contributed by atoms with Crippen molar-refractivity contribution in [2.75, 3.05) is 20.0 Å². The highest BCUT2D eigenvalue weighted by atomic mass is 35.5. The van der Waals surface area contributed by atoms with Crippen LogP contribution in [0.1, 0.15) is 26.5 Å². The van der Waals surface area contributed by atoms with E-state index < -0.39 is 0 Å². The summed E-state index contributed by atoms with van der Waals surface area (Å²) in [6.45, 7) is 6.39. The summed E-state index contributed by atoms with van der Waals surface area (Å²) in [5.74, 6) is 1.10. The van der Waals surface area contributed by atoms with E-state index >= 15 is 0 Å². The first-order chi connectivity index (χ1) is 13.1. The molecule has 3 rings (SSSR count). The molecule has 2 N–H and O–H groups in total. The number of anilines is 1. The van der Waals surface area contributed by atoms with Crippen LogP contribution in [0.4, 0.5) is 5.95 Å². The third-order valence-corrected chi connectivity index (χ3v) is 4.93. The zero-order valence-electron chi connectivity index (χ0n) is 16.4. The van der Waals surface area contributed by atoms with Crippen LogP contribution in [-0.2, 0) is 6.42 Å². The molecule has 0 bridgehead atoms. The summed E-state index contributed by atoms with van der Waals surface area (Å²) in [6.07, 6.45) is 2.36. The third-order valence-electron chi connectivity index (χ3n) is 4.18. The highest BCUT2D eigenvalue weighted by Gasteiger charge is 2.23. The summed E-state index contributed by atoms with van der Waals surface area (Å²) in [4.78, 5) is 13.4. The lowest BCUT2D eigenvalue weighted by molar-refractivity contribution is 0.395. The Hall–Kier alpha value is -2.31. The minimum atomic E-state index is -0.0160. The quantitative estimate of drug-likeness (QED) is 0.625. The molecule has 8 heteroatoms. The molecule has 0 fully saturated rings. The molecular formula is C20H22Cl2N4O2. The number of hydrogen-bond acceptors (Lipinski definition) is 6. The van der Waals surface area contributed by atoms with Crippen molar-refractivity contribution in [2.24, 2.45) is 5.41 Å². The molecule has 0 saturated carbocycles. The molecule has 1 aromatic carbocycles. The Morgan fingerprint density at radius 3 is 2.14 bits per heavy atom. The van der Waals surface area contributed by atoms with E-state index in [2.05, 4.69) is 30.7 Å². The Kier molecular flexibility index (Phi) is 5.55. The van der Waals surface area contributed by atoms with E-state index in [9.17, 15) is 0 Å². The molecular weight excluding hydrogens is 399 g/mol. The Balaban J connectivity index is 2.35. The maximum Gasteiger partial charge on any atom is 0.220 e. The lowest BCUT2D eigenvalue weighted by atomic mass is 9.89. The number of nitrogens with two attached hydrogens (primary N) is 1. The van der Waals surface area contributed by atoms with Crippen LogP contribution in [0.2, 0.25) is 10.0 Å². The monoisotopic (exact) mass is 420 g/mol. The minimum absolute atomic E-state index is 0.0160. The van der Waals surface area contributed by atoms with E-state index in [1.165, 1.54) is 14.2 Å². The maximum absolute atomic E-state index is 6.58. The number of fused-ring (bicyclic) bond motifs is 1. The topological polar surface area (TPSA) is 83.2 Å². The van der Waals surface area contributed by atoms with E-state index in [1.54, 1.807) is 12.3 Å². The third kappa shape index (κ3) is 3.93. The predicted octanol–water partition coefficient (Wildman–Crippen LogP) is 5.19. The van der Waals surface area contributed by atoms with Crippen LogP contribution in [0.15, 0.2) is 18.3 Å². The molecule has 0 aliphatic heterocycles. The molecule has 148 valence electrons. The minimum Gasteiger partial charge on any atom is -0.495 e. The molecule has 2 heterocycles. The number of methoxy groups -OCH3 is 2. The molecule has 0 spiro atoms. The van der Waals surface area contributed by atoms with Crippen molar-refractivity contribution in [3.8, 4) is 22.8 Å². The van der Waals surface area contributed by atoms with Gasteiger partial charge in [-0.15, -0.1) is 0 Å². The number of nitrogen functional groups attached to an aromatic ring is 1. The highest BCUT2D eigenvalue weighted by molar-refractivity contribution is 6.41. The largest absolute Gasteiger partial charge is 0.495 e. The average Bonchev–Trinajstić information content (AvgIpc) is 2.61. The molecule has 0 saturated heterocycles. The van der Waals surface area contributed by atoms with Crippen molar-refractivity contribution >= 4 is 40.1 Å². The van der Waals surface area contributed by atoms with Gasteiger partial charge in [0, 0.05) is 23.2 Å². The zero-order valence-corrected chi connectivity index (χ0v) is 17.9. The number of pyridine rings is 1. The first-order valence-corrected chi connectivity index (χ1v) is 9.42. The zero-order chi connectivity index (χ0) is 20.6. The number of hydrogen-bond donors (Lipinski definition) is 1. The molecule has 3 aromatic rings. The lowest BCUT2D eigenvalue weighted by Gasteiger charge is -2.20. The van der Waals surface area contributed by atoms with Gasteiger partial charge in [0.25, 0.3) is 0 Å². The summed E-state index contributed by atoms with van der Waals surface area (Å²) >= 11 is 13.2. The van der Waals surface area contributed by atoms with Gasteiger partial charge < -0.3 is 15.2 Å². The molecule has 28 heavy (non-hydrogen) atoms. The summed E-state index contributed by atoms with van der Waals surface area (Å²) in [7, 11) is 3.07. The van der Waals surface area contributed by atoms with E-state index in [1.807, 2.05) is 6.07 Å². The number of benzene rings is 1. The van der Waals surface area contributed by atoms with Gasteiger partial charge in [-0.2, -0.15) is 0 Å². The molecule has 0 atom stereocenters.